The maximum Gasteiger partial charge on any atom is 0.573 e. The highest BCUT2D eigenvalue weighted by molar-refractivity contribution is 7.91. The molecule has 2 aromatic rings. The van der Waals surface area contributed by atoms with Crippen LogP contribution in [0.15, 0.2) is 41.3 Å². The van der Waals surface area contributed by atoms with E-state index >= 15 is 0 Å². The van der Waals surface area contributed by atoms with Crippen molar-refractivity contribution in [1.29, 1.82) is 0 Å². The maximum absolute atomic E-state index is 13.3. The van der Waals surface area contributed by atoms with Gasteiger partial charge in [0.25, 0.3) is 5.91 Å². The molecule has 2 saturated heterocycles. The molecular formula is C27H33ClF3N3O5S. The van der Waals surface area contributed by atoms with Gasteiger partial charge in [-0.15, -0.1) is 13.2 Å². The van der Waals surface area contributed by atoms with Crippen LogP contribution in [-0.4, -0.2) is 81.7 Å². The van der Waals surface area contributed by atoms with Crippen molar-refractivity contribution in [2.75, 3.05) is 45.1 Å². The second kappa shape index (κ2) is 13.1. The van der Waals surface area contributed by atoms with E-state index in [4.69, 9.17) is 16.3 Å². The normalized spacial score (nSPS) is 18.0. The zero-order valence-corrected chi connectivity index (χ0v) is 23.7. The topological polar surface area (TPSA) is 88.2 Å². The molecule has 8 nitrogen and oxygen atoms in total. The number of nitrogens with one attached hydrogen (secondary N) is 1. The summed E-state index contributed by atoms with van der Waals surface area (Å²) in [5, 5.41) is 2.87. The average Bonchev–Trinajstić information content (AvgIpc) is 2.92. The summed E-state index contributed by atoms with van der Waals surface area (Å²) in [4.78, 5) is 17.4. The van der Waals surface area contributed by atoms with Gasteiger partial charge < -0.3 is 14.8 Å². The first-order chi connectivity index (χ1) is 18.9. The van der Waals surface area contributed by atoms with E-state index in [0.29, 0.717) is 24.7 Å². The average molecular weight is 604 g/mol. The van der Waals surface area contributed by atoms with Crippen LogP contribution in [0.1, 0.15) is 41.3 Å². The van der Waals surface area contributed by atoms with Crippen molar-refractivity contribution >= 4 is 27.3 Å². The second-order valence-electron chi connectivity index (χ2n) is 9.86. The number of alkyl halides is 3. The van der Waals surface area contributed by atoms with E-state index in [2.05, 4.69) is 19.9 Å². The molecule has 2 aliphatic heterocycles. The highest BCUT2D eigenvalue weighted by Gasteiger charge is 2.33. The number of piperazine rings is 1. The smallest absolute Gasteiger partial charge is 0.405 e. The first-order valence-corrected chi connectivity index (χ1v) is 15.2. The molecule has 40 heavy (non-hydrogen) atoms. The summed E-state index contributed by atoms with van der Waals surface area (Å²) >= 11 is 6.03. The summed E-state index contributed by atoms with van der Waals surface area (Å²) in [5.41, 5.74) is 0.555. The zero-order chi connectivity index (χ0) is 28.9. The van der Waals surface area contributed by atoms with Crippen molar-refractivity contribution in [3.8, 4) is 5.75 Å². The van der Waals surface area contributed by atoms with Gasteiger partial charge in [0.05, 0.1) is 10.6 Å². The highest BCUT2D eigenvalue weighted by Crippen LogP contribution is 2.30. The monoisotopic (exact) mass is 603 g/mol. The lowest BCUT2D eigenvalue weighted by Crippen LogP contribution is -2.51. The molecule has 0 saturated carbocycles. The number of carbonyl (C=O) groups is 1. The van der Waals surface area contributed by atoms with Crippen LogP contribution >= 0.6 is 11.6 Å². The Balaban J connectivity index is 1.45. The molecule has 2 heterocycles. The molecule has 13 heteroatoms. The Labute approximate surface area is 237 Å². The Kier molecular flexibility index (Phi) is 9.99. The predicted octanol–water partition coefficient (Wildman–Crippen LogP) is 4.26. The molecule has 0 unspecified atom stereocenters. The van der Waals surface area contributed by atoms with Crippen LogP contribution < -0.4 is 10.1 Å². The maximum atomic E-state index is 13.3. The molecule has 0 radical (unpaired) electrons. The van der Waals surface area contributed by atoms with Gasteiger partial charge in [0, 0.05) is 74.7 Å². The van der Waals surface area contributed by atoms with Gasteiger partial charge in [-0.2, -0.15) is 0 Å². The number of sulfone groups is 1. The van der Waals surface area contributed by atoms with Gasteiger partial charge in [-0.05, 0) is 48.7 Å². The fourth-order valence-corrected chi connectivity index (χ4v) is 6.36. The van der Waals surface area contributed by atoms with Crippen molar-refractivity contribution in [2.45, 2.75) is 50.2 Å². The molecule has 0 bridgehead atoms. The molecule has 220 valence electrons. The summed E-state index contributed by atoms with van der Waals surface area (Å²) in [6, 6.07) is 8.70. The minimum atomic E-state index is -4.93. The van der Waals surface area contributed by atoms with Gasteiger partial charge in [-0.1, -0.05) is 24.6 Å². The number of halogens is 4. The lowest BCUT2D eigenvalue weighted by Gasteiger charge is -2.40. The van der Waals surface area contributed by atoms with E-state index in [9.17, 15) is 26.4 Å². The lowest BCUT2D eigenvalue weighted by molar-refractivity contribution is -0.275. The Bertz CT molecular complexity index is 1290. The zero-order valence-electron chi connectivity index (χ0n) is 22.2. The van der Waals surface area contributed by atoms with Gasteiger partial charge in [-0.3, -0.25) is 14.6 Å². The summed E-state index contributed by atoms with van der Waals surface area (Å²) in [6.45, 7) is 6.11. The third-order valence-corrected chi connectivity index (χ3v) is 9.30. The Morgan fingerprint density at radius 2 is 1.77 bits per heavy atom. The number of ether oxygens (including phenoxy) is 2. The first-order valence-electron chi connectivity index (χ1n) is 13.2. The third kappa shape index (κ3) is 8.10. The van der Waals surface area contributed by atoms with Gasteiger partial charge >= 0.3 is 6.36 Å². The van der Waals surface area contributed by atoms with E-state index in [1.807, 2.05) is 0 Å². The van der Waals surface area contributed by atoms with E-state index in [1.165, 1.54) is 37.3 Å². The molecule has 0 atom stereocenters. The number of amides is 1. The number of nitrogens with zero attached hydrogens (tertiary/aromatic N) is 2. The second-order valence-corrected chi connectivity index (χ2v) is 12.5. The standard InChI is InChI=1S/C27H33ClF3N3O5S/c1-2-40(36,37)25-6-5-22(28)15-21(25)17-32-26(35)19-3-4-20(24(16-19)39-27(29,30)31)18-33-9-11-34(12-10-33)23-7-13-38-14-8-23/h3-6,15-16,23H,2,7-14,17-18H2,1H3,(H,32,35). The molecule has 2 aliphatic rings. The van der Waals surface area contributed by atoms with Crippen molar-refractivity contribution in [3.63, 3.8) is 0 Å². The van der Waals surface area contributed by atoms with E-state index < -0.39 is 27.9 Å². The molecule has 0 aromatic heterocycles. The van der Waals surface area contributed by atoms with Crippen LogP contribution in [0.5, 0.6) is 5.75 Å². The molecule has 0 spiro atoms. The molecule has 4 rings (SSSR count). The summed E-state index contributed by atoms with van der Waals surface area (Å²) in [5.74, 6) is -1.26. The Morgan fingerprint density at radius 1 is 1.07 bits per heavy atom. The molecule has 1 N–H and O–H groups in total. The minimum Gasteiger partial charge on any atom is -0.405 e. The van der Waals surface area contributed by atoms with E-state index in [1.54, 1.807) is 0 Å². The summed E-state index contributed by atoms with van der Waals surface area (Å²) in [7, 11) is -3.58. The van der Waals surface area contributed by atoms with Crippen LogP contribution in [0.3, 0.4) is 0 Å². The van der Waals surface area contributed by atoms with Crippen LogP contribution in [0.25, 0.3) is 0 Å². The van der Waals surface area contributed by atoms with Crippen molar-refractivity contribution in [2.24, 2.45) is 0 Å². The molecule has 2 aromatic carbocycles. The van der Waals surface area contributed by atoms with Crippen LogP contribution in [0.2, 0.25) is 5.02 Å². The van der Waals surface area contributed by atoms with Gasteiger partial charge in [0.2, 0.25) is 0 Å². The summed E-state index contributed by atoms with van der Waals surface area (Å²) in [6.07, 6.45) is -2.96. The van der Waals surface area contributed by atoms with E-state index in [0.717, 1.165) is 45.2 Å². The lowest BCUT2D eigenvalue weighted by atomic mass is 10.1. The molecule has 1 amide bonds. The number of hydrogen-bond acceptors (Lipinski definition) is 7. The highest BCUT2D eigenvalue weighted by atomic mass is 35.5. The van der Waals surface area contributed by atoms with Crippen LogP contribution in [-0.2, 0) is 27.7 Å². The van der Waals surface area contributed by atoms with Gasteiger partial charge in [0.15, 0.2) is 9.84 Å². The largest absolute Gasteiger partial charge is 0.573 e. The Hall–Kier alpha value is -2.38. The van der Waals surface area contributed by atoms with Gasteiger partial charge in [0.1, 0.15) is 5.75 Å². The molecular weight excluding hydrogens is 571 g/mol. The van der Waals surface area contributed by atoms with Crippen molar-refractivity contribution in [3.05, 3.63) is 58.1 Å². The fraction of sp³-hybridized carbons (Fsp3) is 0.519. The first kappa shape index (κ1) is 30.6. The van der Waals surface area contributed by atoms with Gasteiger partial charge in [-0.25, -0.2) is 8.42 Å². The quantitative estimate of drug-likeness (QED) is 0.458. The number of rotatable bonds is 9. The van der Waals surface area contributed by atoms with Crippen LogP contribution in [0, 0.1) is 0 Å². The predicted molar refractivity (Wildman–Crippen MR) is 144 cm³/mol. The SMILES string of the molecule is CCS(=O)(=O)c1ccc(Cl)cc1CNC(=O)c1ccc(CN2CCN(C3CCOCC3)CC2)c(OC(F)(F)F)c1. The molecule has 0 aliphatic carbocycles. The minimum absolute atomic E-state index is 0.0352. The number of hydrogen-bond donors (Lipinski definition) is 1. The fourth-order valence-electron chi connectivity index (χ4n) is 5.05. The van der Waals surface area contributed by atoms with E-state index in [-0.39, 0.29) is 39.9 Å². The van der Waals surface area contributed by atoms with Crippen molar-refractivity contribution < 1.29 is 35.9 Å². The Morgan fingerprint density at radius 3 is 2.42 bits per heavy atom. The summed E-state index contributed by atoms with van der Waals surface area (Å²) < 4.78 is 74.4. The number of carbonyl (C=O) groups excluding carboxylic acids is 1. The van der Waals surface area contributed by atoms with Crippen molar-refractivity contribution in [1.82, 2.24) is 15.1 Å². The van der Waals surface area contributed by atoms with Crippen LogP contribution in [0.4, 0.5) is 13.2 Å². The third-order valence-electron chi connectivity index (χ3n) is 7.24. The number of benzene rings is 2. The molecule has 2 fully saturated rings.